The molecule has 0 heterocycles. The first-order valence-corrected chi connectivity index (χ1v) is 21.7. The molecule has 0 aromatic carbocycles. The normalized spacial score (nSPS) is 14.6. The molecule has 2 atom stereocenters. The average Bonchev–Trinajstić information content (AvgIpc) is 3.15. The largest absolute Gasteiger partial charge is 0.472 e. The van der Waals surface area contributed by atoms with E-state index in [1.807, 2.05) is 0 Å². The molecule has 0 rings (SSSR count). The molecule has 9 heteroatoms. The minimum absolute atomic E-state index is 0.0819. The lowest BCUT2D eigenvalue weighted by molar-refractivity contribution is -0.154. The Labute approximate surface area is 323 Å². The van der Waals surface area contributed by atoms with Crippen molar-refractivity contribution in [2.45, 2.75) is 142 Å². The zero-order valence-corrected chi connectivity index (χ0v) is 34.1. The van der Waals surface area contributed by atoms with E-state index in [0.717, 1.165) is 83.5 Å². The molecule has 8 nitrogen and oxygen atoms in total. The first-order chi connectivity index (χ1) is 25.9. The standard InChI is InChI=1S/C44H74NO7P/c1-3-5-7-9-11-13-15-16-17-18-19-20-21-22-23-24-25-26-27-29-31-33-35-37-44(46)52-43(42-51-53(47,48)50-40-38-45)41-49-39-36-34-32-30-28-14-12-10-8-6-4-2/h5,7-8,10-11,13,16-17,19-20,22-23,25-26,29,31,43H,3-4,6,9,12,14-15,18,21,24,27-28,30,32-42,45H2,1-2H3,(H,47,48)/b7-5-,10-8-,13-11-,17-16-,20-19-,23-22-,26-25-,31-29-. The SMILES string of the molecule is CC/C=C\C/C=C\C/C=C\C/C=C\C/C=C\C/C=C\C/C=C\CCCC(=O)OC(COCCCCCCCC/C=C\CCC)COP(=O)(O)OCCN. The molecule has 0 fully saturated rings. The molecule has 2 unspecified atom stereocenters. The van der Waals surface area contributed by atoms with Crippen molar-refractivity contribution in [3.05, 3.63) is 97.2 Å². The van der Waals surface area contributed by atoms with E-state index in [2.05, 4.69) is 111 Å². The summed E-state index contributed by atoms with van der Waals surface area (Å²) < 4.78 is 33.2. The third-order valence-electron chi connectivity index (χ3n) is 7.72. The van der Waals surface area contributed by atoms with E-state index >= 15 is 0 Å². The van der Waals surface area contributed by atoms with Crippen LogP contribution < -0.4 is 5.73 Å². The third-order valence-corrected chi connectivity index (χ3v) is 8.70. The number of allylic oxidation sites excluding steroid dienone is 16. The van der Waals surface area contributed by atoms with Crippen LogP contribution in [0.1, 0.15) is 136 Å². The molecular weight excluding hydrogens is 685 g/mol. The van der Waals surface area contributed by atoms with Gasteiger partial charge in [0.15, 0.2) is 0 Å². The van der Waals surface area contributed by atoms with E-state index in [1.54, 1.807) is 0 Å². The van der Waals surface area contributed by atoms with Crippen LogP contribution in [-0.2, 0) is 27.9 Å². The van der Waals surface area contributed by atoms with E-state index in [-0.39, 0.29) is 32.8 Å². The van der Waals surface area contributed by atoms with Crippen LogP contribution in [0, 0.1) is 0 Å². The summed E-state index contributed by atoms with van der Waals surface area (Å²) in [4.78, 5) is 22.4. The van der Waals surface area contributed by atoms with Gasteiger partial charge in [-0.25, -0.2) is 4.57 Å². The monoisotopic (exact) mass is 760 g/mol. The van der Waals surface area contributed by atoms with Gasteiger partial charge in [0.05, 0.1) is 19.8 Å². The van der Waals surface area contributed by atoms with Crippen LogP contribution >= 0.6 is 7.82 Å². The maximum absolute atomic E-state index is 12.5. The number of esters is 1. The first-order valence-electron chi connectivity index (χ1n) is 20.2. The van der Waals surface area contributed by atoms with Crippen molar-refractivity contribution in [2.24, 2.45) is 5.73 Å². The van der Waals surface area contributed by atoms with Gasteiger partial charge in [0, 0.05) is 19.6 Å². The number of ether oxygens (including phenoxy) is 2. The molecule has 0 aromatic rings. The van der Waals surface area contributed by atoms with Crippen LogP contribution in [0.2, 0.25) is 0 Å². The first kappa shape index (κ1) is 50.4. The lowest BCUT2D eigenvalue weighted by atomic mass is 10.1. The number of carbonyl (C=O) groups is 1. The number of nitrogens with two attached hydrogens (primary N) is 1. The number of hydrogen-bond donors (Lipinski definition) is 2. The molecule has 0 saturated carbocycles. The number of rotatable bonds is 37. The van der Waals surface area contributed by atoms with Crippen LogP contribution in [0.4, 0.5) is 0 Å². The van der Waals surface area contributed by atoms with Crippen LogP contribution in [0.5, 0.6) is 0 Å². The Kier molecular flexibility index (Phi) is 38.6. The summed E-state index contributed by atoms with van der Waals surface area (Å²) in [5, 5.41) is 0. The average molecular weight is 760 g/mol. The second-order valence-electron chi connectivity index (χ2n) is 12.8. The van der Waals surface area contributed by atoms with Crippen molar-refractivity contribution >= 4 is 13.8 Å². The maximum atomic E-state index is 12.5. The minimum atomic E-state index is -4.30. The van der Waals surface area contributed by atoms with Gasteiger partial charge in [0.1, 0.15) is 6.10 Å². The van der Waals surface area contributed by atoms with Gasteiger partial charge in [-0.2, -0.15) is 0 Å². The zero-order chi connectivity index (χ0) is 38.8. The molecule has 0 aliphatic heterocycles. The highest BCUT2D eigenvalue weighted by molar-refractivity contribution is 7.47. The van der Waals surface area contributed by atoms with E-state index < -0.39 is 19.9 Å². The molecule has 0 aromatic heterocycles. The fraction of sp³-hybridized carbons (Fsp3) is 0.614. The Morgan fingerprint density at radius 1 is 0.585 bits per heavy atom. The lowest BCUT2D eigenvalue weighted by Gasteiger charge is -2.20. The Morgan fingerprint density at radius 2 is 1.06 bits per heavy atom. The second kappa shape index (κ2) is 40.6. The topological polar surface area (TPSA) is 117 Å². The van der Waals surface area contributed by atoms with E-state index in [0.29, 0.717) is 13.0 Å². The predicted molar refractivity (Wildman–Crippen MR) is 224 cm³/mol. The van der Waals surface area contributed by atoms with Gasteiger partial charge in [0.2, 0.25) is 0 Å². The molecule has 302 valence electrons. The van der Waals surface area contributed by atoms with Crippen molar-refractivity contribution in [1.82, 2.24) is 0 Å². The number of carbonyl (C=O) groups excluding carboxylic acids is 1. The molecular formula is C44H74NO7P. The minimum Gasteiger partial charge on any atom is -0.457 e. The fourth-order valence-electron chi connectivity index (χ4n) is 4.81. The van der Waals surface area contributed by atoms with Gasteiger partial charge in [-0.3, -0.25) is 13.8 Å². The Hall–Kier alpha value is -2.58. The van der Waals surface area contributed by atoms with Gasteiger partial charge < -0.3 is 20.1 Å². The molecule has 53 heavy (non-hydrogen) atoms. The van der Waals surface area contributed by atoms with Crippen LogP contribution in [0.25, 0.3) is 0 Å². The van der Waals surface area contributed by atoms with Crippen LogP contribution in [-0.4, -0.2) is 49.9 Å². The highest BCUT2D eigenvalue weighted by atomic mass is 31.2. The zero-order valence-electron chi connectivity index (χ0n) is 33.2. The predicted octanol–water partition coefficient (Wildman–Crippen LogP) is 11.9. The summed E-state index contributed by atoms with van der Waals surface area (Å²) in [7, 11) is -4.30. The molecule has 0 amide bonds. The smallest absolute Gasteiger partial charge is 0.457 e. The highest BCUT2D eigenvalue weighted by Crippen LogP contribution is 2.43. The summed E-state index contributed by atoms with van der Waals surface area (Å²) in [5.74, 6) is -0.396. The van der Waals surface area contributed by atoms with E-state index in [4.69, 9.17) is 24.3 Å². The number of hydrogen-bond acceptors (Lipinski definition) is 7. The van der Waals surface area contributed by atoms with Gasteiger partial charge in [0.25, 0.3) is 0 Å². The molecule has 0 saturated heterocycles. The summed E-state index contributed by atoms with van der Waals surface area (Å²) >= 11 is 0. The molecule has 3 N–H and O–H groups in total. The van der Waals surface area contributed by atoms with Crippen molar-refractivity contribution in [3.8, 4) is 0 Å². The molecule has 0 aliphatic rings. The Bertz CT molecular complexity index is 1120. The van der Waals surface area contributed by atoms with Crippen molar-refractivity contribution in [2.75, 3.05) is 33.0 Å². The van der Waals surface area contributed by atoms with Crippen molar-refractivity contribution < 1.29 is 32.8 Å². The van der Waals surface area contributed by atoms with Gasteiger partial charge >= 0.3 is 13.8 Å². The third kappa shape index (κ3) is 40.4. The van der Waals surface area contributed by atoms with Crippen molar-refractivity contribution in [3.63, 3.8) is 0 Å². The van der Waals surface area contributed by atoms with Gasteiger partial charge in [-0.05, 0) is 83.5 Å². The van der Waals surface area contributed by atoms with Crippen molar-refractivity contribution in [1.29, 1.82) is 0 Å². The highest BCUT2D eigenvalue weighted by Gasteiger charge is 2.25. The second-order valence-corrected chi connectivity index (χ2v) is 14.2. The fourth-order valence-corrected chi connectivity index (χ4v) is 5.57. The Balaban J connectivity index is 4.20. The maximum Gasteiger partial charge on any atom is 0.472 e. The summed E-state index contributed by atoms with van der Waals surface area (Å²) in [6, 6.07) is 0. The van der Waals surface area contributed by atoms with Crippen LogP contribution in [0.15, 0.2) is 97.2 Å². The lowest BCUT2D eigenvalue weighted by Crippen LogP contribution is -2.28. The van der Waals surface area contributed by atoms with E-state index in [1.165, 1.54) is 25.7 Å². The number of phosphoric acid groups is 1. The molecule has 0 spiro atoms. The number of unbranched alkanes of at least 4 members (excludes halogenated alkanes) is 8. The molecule has 0 aliphatic carbocycles. The summed E-state index contributed by atoms with van der Waals surface area (Å²) in [6.45, 7) is 4.62. The quantitative estimate of drug-likeness (QED) is 0.0278. The van der Waals surface area contributed by atoms with Gasteiger partial charge in [-0.1, -0.05) is 143 Å². The van der Waals surface area contributed by atoms with Gasteiger partial charge in [-0.15, -0.1) is 0 Å². The summed E-state index contributed by atoms with van der Waals surface area (Å²) in [5.41, 5.74) is 5.35. The summed E-state index contributed by atoms with van der Waals surface area (Å²) in [6.07, 6.45) is 52.9. The Morgan fingerprint density at radius 3 is 1.60 bits per heavy atom. The van der Waals surface area contributed by atoms with Crippen LogP contribution in [0.3, 0.4) is 0 Å². The molecule has 0 bridgehead atoms. The number of phosphoric ester groups is 1. The van der Waals surface area contributed by atoms with E-state index in [9.17, 15) is 14.3 Å². The molecule has 0 radical (unpaired) electrons.